The number of carbonyl (C=O) groups excluding carboxylic acids is 5. The van der Waals surface area contributed by atoms with E-state index < -0.39 is 23.6 Å². The number of amides is 4. The van der Waals surface area contributed by atoms with E-state index in [1.165, 1.54) is 17.3 Å². The third kappa shape index (κ3) is 3.96. The van der Waals surface area contributed by atoms with Gasteiger partial charge in [-0.05, 0) is 30.5 Å². The molecule has 0 radical (unpaired) electrons. The molecule has 1 aromatic heterocycles. The molecule has 1 saturated heterocycles. The second-order valence-corrected chi connectivity index (χ2v) is 7.49. The Labute approximate surface area is 177 Å². The first-order chi connectivity index (χ1) is 14.9. The van der Waals surface area contributed by atoms with Crippen molar-refractivity contribution in [3.63, 3.8) is 0 Å². The molecule has 4 amide bonds. The minimum absolute atomic E-state index is 0.0749. The predicted octanol–water partition coefficient (Wildman–Crippen LogP) is 0.163. The average molecular weight is 423 g/mol. The van der Waals surface area contributed by atoms with Crippen molar-refractivity contribution in [2.75, 3.05) is 0 Å². The molecule has 31 heavy (non-hydrogen) atoms. The Bertz CT molecular complexity index is 1110. The fraction of sp³-hybridized carbons (Fsp3) is 0.333. The van der Waals surface area contributed by atoms with Crippen LogP contribution in [0.4, 0.5) is 0 Å². The first-order valence-corrected chi connectivity index (χ1v) is 9.98. The largest absolute Gasteiger partial charge is 0.345 e. The molecular formula is C21H21N5O5. The monoisotopic (exact) mass is 423 g/mol. The second kappa shape index (κ2) is 8.13. The minimum atomic E-state index is -0.757. The van der Waals surface area contributed by atoms with E-state index >= 15 is 0 Å². The molecule has 4 rings (SSSR count). The summed E-state index contributed by atoms with van der Waals surface area (Å²) in [5.41, 5.74) is 2.09. The smallest absolute Gasteiger partial charge is 0.292 e. The van der Waals surface area contributed by atoms with Gasteiger partial charge in [-0.1, -0.05) is 12.1 Å². The average Bonchev–Trinajstić information content (AvgIpc) is 3.36. The number of hydrogen-bond donors (Lipinski definition) is 2. The SMILES string of the molecule is CCn1cc(C(=O)C(=O)NCc2ccc3c(c2)C(=O)N(C2CCC(=O)NC2=O)C3)cn1. The Morgan fingerprint density at radius 1 is 1.26 bits per heavy atom. The molecular weight excluding hydrogens is 402 g/mol. The van der Waals surface area contributed by atoms with Crippen LogP contribution in [0.25, 0.3) is 0 Å². The molecule has 2 aromatic rings. The molecule has 2 N–H and O–H groups in total. The van der Waals surface area contributed by atoms with Gasteiger partial charge in [-0.3, -0.25) is 34.0 Å². The molecule has 10 nitrogen and oxygen atoms in total. The maximum Gasteiger partial charge on any atom is 0.292 e. The van der Waals surface area contributed by atoms with E-state index in [0.29, 0.717) is 24.1 Å². The molecule has 1 aromatic carbocycles. The lowest BCUT2D eigenvalue weighted by atomic mass is 10.0. The quantitative estimate of drug-likeness (QED) is 0.387. The fourth-order valence-electron chi connectivity index (χ4n) is 3.76. The molecule has 2 aliphatic rings. The van der Waals surface area contributed by atoms with Gasteiger partial charge in [0, 0.05) is 37.8 Å². The Balaban J connectivity index is 1.41. The molecule has 1 fully saturated rings. The molecule has 160 valence electrons. The maximum absolute atomic E-state index is 12.8. The van der Waals surface area contributed by atoms with Crippen molar-refractivity contribution in [2.45, 2.75) is 45.4 Å². The van der Waals surface area contributed by atoms with Gasteiger partial charge >= 0.3 is 0 Å². The Hall–Kier alpha value is -3.82. The summed E-state index contributed by atoms with van der Waals surface area (Å²) in [6, 6.07) is 4.51. The van der Waals surface area contributed by atoms with E-state index in [-0.39, 0.29) is 36.9 Å². The Morgan fingerprint density at radius 2 is 2.06 bits per heavy atom. The van der Waals surface area contributed by atoms with Crippen LogP contribution in [0.2, 0.25) is 0 Å². The zero-order chi connectivity index (χ0) is 22.1. The van der Waals surface area contributed by atoms with Gasteiger partial charge in [-0.25, -0.2) is 0 Å². The highest BCUT2D eigenvalue weighted by Gasteiger charge is 2.39. The summed E-state index contributed by atoms with van der Waals surface area (Å²) in [6.45, 7) is 2.82. The van der Waals surface area contributed by atoms with Gasteiger partial charge in [-0.15, -0.1) is 0 Å². The molecule has 0 saturated carbocycles. The zero-order valence-electron chi connectivity index (χ0n) is 16.9. The van der Waals surface area contributed by atoms with Crippen molar-refractivity contribution in [3.8, 4) is 0 Å². The second-order valence-electron chi connectivity index (χ2n) is 7.49. The molecule has 3 heterocycles. The minimum Gasteiger partial charge on any atom is -0.345 e. The lowest BCUT2D eigenvalue weighted by Crippen LogP contribution is -2.52. The van der Waals surface area contributed by atoms with Gasteiger partial charge in [0.1, 0.15) is 6.04 Å². The van der Waals surface area contributed by atoms with Gasteiger partial charge in [0.25, 0.3) is 17.6 Å². The van der Waals surface area contributed by atoms with Gasteiger partial charge in [0.15, 0.2) is 0 Å². The normalized spacial score (nSPS) is 18.0. The summed E-state index contributed by atoms with van der Waals surface area (Å²) < 4.78 is 1.56. The summed E-state index contributed by atoms with van der Waals surface area (Å²) >= 11 is 0. The van der Waals surface area contributed by atoms with E-state index in [9.17, 15) is 24.0 Å². The van der Waals surface area contributed by atoms with Crippen molar-refractivity contribution < 1.29 is 24.0 Å². The molecule has 0 aliphatic carbocycles. The van der Waals surface area contributed by atoms with Crippen molar-refractivity contribution >= 4 is 29.4 Å². The molecule has 0 bridgehead atoms. The maximum atomic E-state index is 12.8. The summed E-state index contributed by atoms with van der Waals surface area (Å²) in [6.07, 6.45) is 3.35. The number of hydrogen-bond acceptors (Lipinski definition) is 6. The number of benzene rings is 1. The number of aromatic nitrogens is 2. The van der Waals surface area contributed by atoms with Crippen LogP contribution < -0.4 is 10.6 Å². The zero-order valence-corrected chi connectivity index (χ0v) is 16.9. The highest BCUT2D eigenvalue weighted by atomic mass is 16.2. The fourth-order valence-corrected chi connectivity index (χ4v) is 3.76. The van der Waals surface area contributed by atoms with E-state index in [0.717, 1.165) is 5.56 Å². The third-order valence-electron chi connectivity index (χ3n) is 5.47. The van der Waals surface area contributed by atoms with Crippen molar-refractivity contribution in [1.82, 2.24) is 25.3 Å². The summed E-state index contributed by atoms with van der Waals surface area (Å²) in [5.74, 6) is -2.52. The molecule has 10 heteroatoms. The van der Waals surface area contributed by atoms with E-state index in [1.54, 1.807) is 22.9 Å². The Morgan fingerprint density at radius 3 is 2.77 bits per heavy atom. The van der Waals surface area contributed by atoms with E-state index in [2.05, 4.69) is 15.7 Å². The van der Waals surface area contributed by atoms with Crippen molar-refractivity contribution in [3.05, 3.63) is 52.8 Å². The number of nitrogens with zero attached hydrogens (tertiary/aromatic N) is 3. The number of fused-ring (bicyclic) bond motifs is 1. The highest BCUT2D eigenvalue weighted by molar-refractivity contribution is 6.42. The lowest BCUT2D eigenvalue weighted by Gasteiger charge is -2.29. The highest BCUT2D eigenvalue weighted by Crippen LogP contribution is 2.28. The topological polar surface area (TPSA) is 130 Å². The van der Waals surface area contributed by atoms with Crippen LogP contribution in [0.1, 0.15) is 51.6 Å². The number of carbonyl (C=O) groups is 5. The van der Waals surface area contributed by atoms with Crippen LogP contribution in [0.5, 0.6) is 0 Å². The van der Waals surface area contributed by atoms with E-state index in [4.69, 9.17) is 0 Å². The third-order valence-corrected chi connectivity index (χ3v) is 5.47. The number of nitrogens with one attached hydrogen (secondary N) is 2. The van der Waals surface area contributed by atoms with Crippen molar-refractivity contribution in [1.29, 1.82) is 0 Å². The van der Waals surface area contributed by atoms with Crippen LogP contribution in [0.15, 0.2) is 30.6 Å². The van der Waals surface area contributed by atoms with Gasteiger partial charge in [0.2, 0.25) is 11.8 Å². The van der Waals surface area contributed by atoms with Gasteiger partial charge < -0.3 is 10.2 Å². The van der Waals surface area contributed by atoms with E-state index in [1.807, 2.05) is 6.92 Å². The van der Waals surface area contributed by atoms with Crippen LogP contribution in [-0.4, -0.2) is 50.1 Å². The lowest BCUT2D eigenvalue weighted by molar-refractivity contribution is -0.137. The number of ketones is 1. The number of aryl methyl sites for hydroxylation is 1. The Kier molecular flexibility index (Phi) is 5.37. The summed E-state index contributed by atoms with van der Waals surface area (Å²) in [4.78, 5) is 62.2. The molecule has 0 spiro atoms. The number of imide groups is 1. The summed E-state index contributed by atoms with van der Waals surface area (Å²) in [7, 11) is 0. The van der Waals surface area contributed by atoms with Crippen LogP contribution in [-0.2, 0) is 34.0 Å². The standard InChI is InChI=1S/C21H21N5O5/c1-2-25-10-14(9-23-25)18(28)20(30)22-8-12-3-4-13-11-26(21(31)15(13)7-12)16-5-6-17(27)24-19(16)29/h3-4,7,9-10,16H,2,5-6,8,11H2,1H3,(H,22,30)(H,24,27,29). The van der Waals surface area contributed by atoms with Gasteiger partial charge in [0.05, 0.1) is 11.8 Å². The van der Waals surface area contributed by atoms with Gasteiger partial charge in [-0.2, -0.15) is 5.10 Å². The van der Waals surface area contributed by atoms with Crippen molar-refractivity contribution in [2.24, 2.45) is 0 Å². The number of Topliss-reactive ketones (excluding diaryl/α,β-unsaturated/α-hetero) is 1. The molecule has 1 unspecified atom stereocenters. The number of piperidine rings is 1. The summed E-state index contributed by atoms with van der Waals surface area (Å²) in [5, 5.41) is 8.82. The first kappa shape index (κ1) is 20.5. The van der Waals surface area contributed by atoms with Crippen LogP contribution in [0.3, 0.4) is 0 Å². The molecule has 2 aliphatic heterocycles. The van der Waals surface area contributed by atoms with Crippen LogP contribution >= 0.6 is 0 Å². The predicted molar refractivity (Wildman–Crippen MR) is 107 cm³/mol. The van der Waals surface area contributed by atoms with Crippen LogP contribution in [0, 0.1) is 0 Å². The molecule has 1 atom stereocenters. The number of rotatable bonds is 6. The first-order valence-electron chi connectivity index (χ1n) is 9.98.